The Morgan fingerprint density at radius 3 is 2.33 bits per heavy atom. The van der Waals surface area contributed by atoms with Crippen LogP contribution < -0.4 is 10.9 Å². The van der Waals surface area contributed by atoms with Crippen molar-refractivity contribution < 1.29 is 9.18 Å². The molecule has 180 valence electrons. The number of amides is 1. The minimum atomic E-state index is -0.321. The van der Waals surface area contributed by atoms with Gasteiger partial charge in [0.2, 0.25) is 5.91 Å². The maximum atomic E-state index is 13.4. The minimum absolute atomic E-state index is 0.0493. The van der Waals surface area contributed by atoms with Gasteiger partial charge in [0.1, 0.15) is 22.2 Å². The number of thioether (sulfide) groups is 1. The Balaban J connectivity index is 1.38. The molecule has 36 heavy (non-hydrogen) atoms. The topological polar surface area (TPSA) is 81.8 Å². The summed E-state index contributed by atoms with van der Waals surface area (Å²) in [5, 5.41) is 13.8. The van der Waals surface area contributed by atoms with Crippen LogP contribution in [0.5, 0.6) is 0 Å². The molecule has 3 aromatic carbocycles. The van der Waals surface area contributed by atoms with Crippen molar-refractivity contribution in [1.82, 2.24) is 19.6 Å². The first-order valence-corrected chi connectivity index (χ1v) is 12.2. The molecule has 0 atom stereocenters. The lowest BCUT2D eigenvalue weighted by Crippen LogP contribution is -2.23. The average Bonchev–Trinajstić information content (AvgIpc) is 3.11. The van der Waals surface area contributed by atoms with Gasteiger partial charge in [0.15, 0.2) is 0 Å². The summed E-state index contributed by atoms with van der Waals surface area (Å²) in [6.45, 7) is 1.79. The number of para-hydroxylation sites is 1. The minimum Gasteiger partial charge on any atom is -0.319 e. The summed E-state index contributed by atoms with van der Waals surface area (Å²) in [6.07, 6.45) is 0. The van der Waals surface area contributed by atoms with E-state index in [2.05, 4.69) is 15.5 Å². The summed E-state index contributed by atoms with van der Waals surface area (Å²) < 4.78 is 16.6. The van der Waals surface area contributed by atoms with Gasteiger partial charge < -0.3 is 5.32 Å². The fraction of sp³-hybridized carbons (Fsp3) is 0.111. The fourth-order valence-electron chi connectivity index (χ4n) is 4.03. The van der Waals surface area contributed by atoms with Crippen molar-refractivity contribution in [2.45, 2.75) is 11.9 Å². The Morgan fingerprint density at radius 2 is 1.61 bits per heavy atom. The van der Waals surface area contributed by atoms with Gasteiger partial charge in [-0.2, -0.15) is 0 Å². The summed E-state index contributed by atoms with van der Waals surface area (Å²) in [5.74, 6) is -0.592. The lowest BCUT2D eigenvalue weighted by atomic mass is 10.1. The Kier molecular flexibility index (Phi) is 6.39. The highest BCUT2D eigenvalue weighted by Gasteiger charge is 2.19. The maximum Gasteiger partial charge on any atom is 0.295 e. The van der Waals surface area contributed by atoms with E-state index in [1.165, 1.54) is 28.6 Å². The van der Waals surface area contributed by atoms with Crippen molar-refractivity contribution >= 4 is 34.1 Å². The summed E-state index contributed by atoms with van der Waals surface area (Å²) in [5.41, 5.74) is 2.70. The molecular formula is C27H22FN5O2S. The number of carbonyl (C=O) groups is 1. The first-order valence-electron chi connectivity index (χ1n) is 11.2. The number of fused-ring (bicyclic) bond motifs is 1. The average molecular weight is 500 g/mol. The Hall–Kier alpha value is -4.24. The molecule has 0 aliphatic heterocycles. The highest BCUT2D eigenvalue weighted by atomic mass is 32.2. The van der Waals surface area contributed by atoms with E-state index >= 15 is 0 Å². The van der Waals surface area contributed by atoms with Gasteiger partial charge in [0.05, 0.1) is 17.1 Å². The van der Waals surface area contributed by atoms with Crippen molar-refractivity contribution in [3.05, 3.63) is 101 Å². The summed E-state index contributed by atoms with van der Waals surface area (Å²) in [6, 6.07) is 23.0. The van der Waals surface area contributed by atoms with Gasteiger partial charge in [0, 0.05) is 23.4 Å². The SMILES string of the molecule is Cc1c(NC(=O)CSc2nnc(-c3ccc(F)cc3)c3ccccc23)c(=O)n(-c2ccccc2)n1C. The maximum absolute atomic E-state index is 13.4. The summed E-state index contributed by atoms with van der Waals surface area (Å²) in [7, 11) is 1.78. The molecule has 2 aromatic heterocycles. The van der Waals surface area contributed by atoms with E-state index in [1.807, 2.05) is 54.6 Å². The predicted octanol–water partition coefficient (Wildman–Crippen LogP) is 4.96. The van der Waals surface area contributed by atoms with Crippen LogP contribution in [0.15, 0.2) is 88.7 Å². The van der Waals surface area contributed by atoms with E-state index < -0.39 is 0 Å². The van der Waals surface area contributed by atoms with Crippen molar-refractivity contribution in [3.63, 3.8) is 0 Å². The number of hydrogen-bond acceptors (Lipinski definition) is 5. The van der Waals surface area contributed by atoms with Crippen LogP contribution in [0.2, 0.25) is 0 Å². The van der Waals surface area contributed by atoms with E-state index in [-0.39, 0.29) is 28.7 Å². The van der Waals surface area contributed by atoms with E-state index in [0.29, 0.717) is 22.1 Å². The molecule has 0 aliphatic rings. The van der Waals surface area contributed by atoms with Crippen molar-refractivity contribution in [2.24, 2.45) is 7.05 Å². The summed E-state index contributed by atoms with van der Waals surface area (Å²) >= 11 is 1.24. The van der Waals surface area contributed by atoms with Gasteiger partial charge in [-0.25, -0.2) is 9.07 Å². The molecule has 0 saturated heterocycles. The predicted molar refractivity (Wildman–Crippen MR) is 140 cm³/mol. The molecule has 0 saturated carbocycles. The molecule has 0 unspecified atom stereocenters. The third kappa shape index (κ3) is 4.40. The lowest BCUT2D eigenvalue weighted by Gasteiger charge is -2.09. The molecule has 0 aliphatic carbocycles. The molecule has 0 radical (unpaired) electrons. The number of hydrogen-bond donors (Lipinski definition) is 1. The number of benzene rings is 3. The van der Waals surface area contributed by atoms with Crippen LogP contribution in [0, 0.1) is 12.7 Å². The highest BCUT2D eigenvalue weighted by molar-refractivity contribution is 8.00. The van der Waals surface area contributed by atoms with Crippen molar-refractivity contribution in [3.8, 4) is 16.9 Å². The van der Waals surface area contributed by atoms with Crippen LogP contribution in [-0.4, -0.2) is 31.2 Å². The zero-order valence-electron chi connectivity index (χ0n) is 19.6. The number of aromatic nitrogens is 4. The Bertz CT molecular complexity index is 1630. The summed E-state index contributed by atoms with van der Waals surface area (Å²) in [4.78, 5) is 25.9. The van der Waals surface area contributed by atoms with E-state index in [4.69, 9.17) is 0 Å². The second-order valence-corrected chi connectivity index (χ2v) is 9.14. The first-order chi connectivity index (χ1) is 17.4. The zero-order chi connectivity index (χ0) is 25.2. The van der Waals surface area contributed by atoms with E-state index in [0.717, 1.165) is 16.3 Å². The third-order valence-corrected chi connectivity index (χ3v) is 6.91. The first kappa shape index (κ1) is 23.5. The molecule has 9 heteroatoms. The molecule has 7 nitrogen and oxygen atoms in total. The number of nitrogens with zero attached hydrogens (tertiary/aromatic N) is 4. The lowest BCUT2D eigenvalue weighted by molar-refractivity contribution is -0.113. The molecular weight excluding hydrogens is 477 g/mol. The number of nitrogens with one attached hydrogen (secondary N) is 1. The van der Waals surface area contributed by atoms with Crippen LogP contribution in [0.4, 0.5) is 10.1 Å². The highest BCUT2D eigenvalue weighted by Crippen LogP contribution is 2.31. The smallest absolute Gasteiger partial charge is 0.295 e. The van der Waals surface area contributed by atoms with Crippen LogP contribution >= 0.6 is 11.8 Å². The number of rotatable bonds is 6. The number of carbonyl (C=O) groups excluding carboxylic acids is 1. The van der Waals surface area contributed by atoms with Gasteiger partial charge in [-0.3, -0.25) is 14.3 Å². The Labute approximate surface area is 210 Å². The Morgan fingerprint density at radius 1 is 0.944 bits per heavy atom. The van der Waals surface area contributed by atoms with Crippen LogP contribution in [-0.2, 0) is 11.8 Å². The molecule has 1 amide bonds. The third-order valence-electron chi connectivity index (χ3n) is 5.93. The van der Waals surface area contributed by atoms with Gasteiger partial charge in [0.25, 0.3) is 5.56 Å². The molecule has 0 fully saturated rings. The second kappa shape index (κ2) is 9.79. The van der Waals surface area contributed by atoms with Crippen LogP contribution in [0.25, 0.3) is 27.7 Å². The van der Waals surface area contributed by atoms with Gasteiger partial charge >= 0.3 is 0 Å². The molecule has 0 bridgehead atoms. The van der Waals surface area contributed by atoms with Gasteiger partial charge in [-0.05, 0) is 43.3 Å². The van der Waals surface area contributed by atoms with Crippen LogP contribution in [0.1, 0.15) is 5.69 Å². The van der Waals surface area contributed by atoms with Crippen molar-refractivity contribution in [2.75, 3.05) is 11.1 Å². The van der Waals surface area contributed by atoms with E-state index in [1.54, 1.807) is 30.8 Å². The van der Waals surface area contributed by atoms with E-state index in [9.17, 15) is 14.0 Å². The normalized spacial score (nSPS) is 11.1. The van der Waals surface area contributed by atoms with Crippen LogP contribution in [0.3, 0.4) is 0 Å². The molecule has 0 spiro atoms. The molecule has 1 N–H and O–H groups in total. The number of halogens is 1. The fourth-order valence-corrected chi connectivity index (χ4v) is 4.80. The monoisotopic (exact) mass is 499 g/mol. The van der Waals surface area contributed by atoms with Gasteiger partial charge in [-0.15, -0.1) is 10.2 Å². The standard InChI is InChI=1S/C27H22FN5O2S/c1-17-24(27(35)33(32(17)2)20-8-4-3-5-9-20)29-23(34)16-36-26-22-11-7-6-10-21(22)25(30-31-26)18-12-14-19(28)15-13-18/h3-15H,16H2,1-2H3,(H,29,34). The quantitative estimate of drug-likeness (QED) is 0.334. The largest absolute Gasteiger partial charge is 0.319 e. The zero-order valence-corrected chi connectivity index (χ0v) is 20.4. The molecule has 2 heterocycles. The second-order valence-electron chi connectivity index (χ2n) is 8.18. The van der Waals surface area contributed by atoms with Gasteiger partial charge in [-0.1, -0.05) is 54.2 Å². The molecule has 5 rings (SSSR count). The van der Waals surface area contributed by atoms with Crippen molar-refractivity contribution in [1.29, 1.82) is 0 Å². The molecule has 5 aromatic rings. The number of anilines is 1.